The van der Waals surface area contributed by atoms with Crippen molar-refractivity contribution in [3.05, 3.63) is 27.3 Å². The average molecular weight is 361 g/mol. The van der Waals surface area contributed by atoms with Crippen LogP contribution in [0, 0.1) is 3.57 Å². The fourth-order valence-electron chi connectivity index (χ4n) is 1.08. The van der Waals surface area contributed by atoms with Gasteiger partial charge < -0.3 is 4.74 Å². The van der Waals surface area contributed by atoms with E-state index in [0.717, 1.165) is 0 Å². The summed E-state index contributed by atoms with van der Waals surface area (Å²) in [6, 6.07) is 4.18. The minimum atomic E-state index is -2.91. The van der Waals surface area contributed by atoms with Crippen molar-refractivity contribution in [1.82, 2.24) is 0 Å². The number of ether oxygens (including phenoxy) is 1. The monoisotopic (exact) mass is 360 g/mol. The van der Waals surface area contributed by atoms with E-state index in [4.69, 9.17) is 11.6 Å². The van der Waals surface area contributed by atoms with Crippen molar-refractivity contribution in [3.8, 4) is 5.75 Å². The third-order valence-electron chi connectivity index (χ3n) is 1.79. The van der Waals surface area contributed by atoms with Crippen molar-refractivity contribution < 1.29 is 18.3 Å². The van der Waals surface area contributed by atoms with Gasteiger partial charge in [-0.15, -0.1) is 11.6 Å². The number of hydrogen-bond acceptors (Lipinski definition) is 2. The van der Waals surface area contributed by atoms with Crippen LogP contribution in [-0.2, 0) is 0 Å². The Hall–Kier alpha value is -0.430. The zero-order valence-electron chi connectivity index (χ0n) is 8.22. The highest BCUT2D eigenvalue weighted by atomic mass is 127. The molecule has 1 aromatic rings. The summed E-state index contributed by atoms with van der Waals surface area (Å²) in [5, 5.41) is -0.699. The van der Waals surface area contributed by atoms with E-state index in [-0.39, 0.29) is 11.5 Å². The number of halogens is 4. The van der Waals surface area contributed by atoms with E-state index in [0.29, 0.717) is 9.13 Å². The Morgan fingerprint density at radius 2 is 2.12 bits per heavy atom. The van der Waals surface area contributed by atoms with Gasteiger partial charge in [0.15, 0.2) is 5.78 Å². The molecule has 0 aliphatic carbocycles. The van der Waals surface area contributed by atoms with Gasteiger partial charge in [-0.3, -0.25) is 4.79 Å². The average Bonchev–Trinajstić information content (AvgIpc) is 2.19. The Balaban J connectivity index is 3.04. The van der Waals surface area contributed by atoms with Crippen molar-refractivity contribution in [2.75, 3.05) is 0 Å². The second kappa shape index (κ2) is 5.77. The largest absolute Gasteiger partial charge is 0.435 e. The number of rotatable bonds is 4. The lowest BCUT2D eigenvalue weighted by atomic mass is 10.1. The smallest absolute Gasteiger partial charge is 0.387 e. The Bertz CT molecular complexity index is 396. The molecule has 0 fully saturated rings. The van der Waals surface area contributed by atoms with E-state index < -0.39 is 12.0 Å². The molecule has 0 amide bonds. The van der Waals surface area contributed by atoms with Crippen LogP contribution in [0.4, 0.5) is 8.78 Å². The number of Topliss-reactive ketones (excluding diaryl/α,β-unsaturated/α-hetero) is 1. The summed E-state index contributed by atoms with van der Waals surface area (Å²) in [5.41, 5.74) is 0.293. The lowest BCUT2D eigenvalue weighted by Gasteiger charge is -2.09. The lowest BCUT2D eigenvalue weighted by Crippen LogP contribution is -2.13. The molecule has 0 spiro atoms. The van der Waals surface area contributed by atoms with E-state index in [9.17, 15) is 13.6 Å². The highest BCUT2D eigenvalue weighted by Crippen LogP contribution is 2.23. The van der Waals surface area contributed by atoms with Crippen LogP contribution in [0.15, 0.2) is 18.2 Å². The fraction of sp³-hybridized carbons (Fsp3) is 0.300. The summed E-state index contributed by atoms with van der Waals surface area (Å²) in [5.74, 6) is -0.359. The van der Waals surface area contributed by atoms with Crippen LogP contribution < -0.4 is 4.74 Å². The van der Waals surface area contributed by atoms with Crippen LogP contribution in [0.5, 0.6) is 5.75 Å². The normalized spacial score (nSPS) is 12.6. The van der Waals surface area contributed by atoms with Crippen molar-refractivity contribution >= 4 is 40.0 Å². The number of carbonyl (C=O) groups is 1. The summed E-state index contributed by atoms with van der Waals surface area (Å²) < 4.78 is 28.8. The van der Waals surface area contributed by atoms with Gasteiger partial charge in [0.2, 0.25) is 0 Å². The van der Waals surface area contributed by atoms with Crippen molar-refractivity contribution in [3.63, 3.8) is 0 Å². The topological polar surface area (TPSA) is 26.3 Å². The Morgan fingerprint density at radius 1 is 1.50 bits per heavy atom. The van der Waals surface area contributed by atoms with Crippen LogP contribution in [0.25, 0.3) is 0 Å². The van der Waals surface area contributed by atoms with Crippen LogP contribution in [-0.4, -0.2) is 17.8 Å². The van der Waals surface area contributed by atoms with Gasteiger partial charge in [0.25, 0.3) is 0 Å². The predicted octanol–water partition coefficient (Wildman–Crippen LogP) is 3.70. The number of alkyl halides is 3. The molecule has 0 radical (unpaired) electrons. The highest BCUT2D eigenvalue weighted by Gasteiger charge is 2.17. The molecule has 0 aromatic heterocycles. The molecule has 6 heteroatoms. The van der Waals surface area contributed by atoms with Crippen molar-refractivity contribution in [2.45, 2.75) is 18.9 Å². The summed E-state index contributed by atoms with van der Waals surface area (Å²) in [7, 11) is 0. The van der Waals surface area contributed by atoms with Gasteiger partial charge in [0.1, 0.15) is 5.75 Å². The summed E-state index contributed by atoms with van der Waals surface area (Å²) >= 11 is 7.59. The molecule has 1 aromatic carbocycles. The molecular formula is C10H8ClF2IO2. The second-order valence-electron chi connectivity index (χ2n) is 3.00. The lowest BCUT2D eigenvalue weighted by molar-refractivity contribution is -0.0498. The van der Waals surface area contributed by atoms with Gasteiger partial charge in [-0.2, -0.15) is 8.78 Å². The van der Waals surface area contributed by atoms with Gasteiger partial charge in [0, 0.05) is 9.13 Å². The van der Waals surface area contributed by atoms with Crippen LogP contribution in [0.1, 0.15) is 17.3 Å². The zero-order valence-corrected chi connectivity index (χ0v) is 11.1. The summed E-state index contributed by atoms with van der Waals surface area (Å²) in [6.45, 7) is -1.38. The zero-order chi connectivity index (χ0) is 12.3. The van der Waals surface area contributed by atoms with E-state index >= 15 is 0 Å². The molecule has 0 heterocycles. The molecule has 1 unspecified atom stereocenters. The number of ketones is 1. The van der Waals surface area contributed by atoms with Gasteiger partial charge in [-0.25, -0.2) is 0 Å². The summed E-state index contributed by atoms with van der Waals surface area (Å²) in [6.07, 6.45) is 0. The van der Waals surface area contributed by atoms with Crippen LogP contribution in [0.3, 0.4) is 0 Å². The third-order valence-corrected chi connectivity index (χ3v) is 2.93. The molecule has 0 N–H and O–H groups in total. The molecule has 88 valence electrons. The van der Waals surface area contributed by atoms with Gasteiger partial charge in [-0.05, 0) is 47.7 Å². The minimum absolute atomic E-state index is 0.0453. The van der Waals surface area contributed by atoms with Gasteiger partial charge in [-0.1, -0.05) is 0 Å². The first-order valence-electron chi connectivity index (χ1n) is 4.34. The maximum atomic E-state index is 12.0. The van der Waals surface area contributed by atoms with Crippen molar-refractivity contribution in [2.24, 2.45) is 0 Å². The Kier molecular flexibility index (Phi) is 4.91. The Labute approximate surface area is 110 Å². The maximum Gasteiger partial charge on any atom is 0.387 e. The number of hydrogen-bond donors (Lipinski definition) is 0. The standard InChI is InChI=1S/C10H8ClF2IO2/c1-5(11)9(15)7-4-6(16-10(12)13)2-3-8(7)14/h2-5,10H,1H3. The molecule has 0 saturated carbocycles. The van der Waals surface area contributed by atoms with E-state index in [1.165, 1.54) is 25.1 Å². The first-order chi connectivity index (χ1) is 7.41. The molecule has 16 heavy (non-hydrogen) atoms. The maximum absolute atomic E-state index is 12.0. The van der Waals surface area contributed by atoms with E-state index in [2.05, 4.69) is 4.74 Å². The minimum Gasteiger partial charge on any atom is -0.435 e. The first kappa shape index (κ1) is 13.6. The Morgan fingerprint density at radius 3 is 2.62 bits per heavy atom. The van der Waals surface area contributed by atoms with E-state index in [1.807, 2.05) is 22.6 Å². The number of carbonyl (C=O) groups excluding carboxylic acids is 1. The molecule has 1 rings (SSSR count). The third kappa shape index (κ3) is 3.55. The summed E-state index contributed by atoms with van der Waals surface area (Å²) in [4.78, 5) is 11.6. The van der Waals surface area contributed by atoms with Gasteiger partial charge in [0.05, 0.1) is 5.38 Å². The van der Waals surface area contributed by atoms with E-state index in [1.54, 1.807) is 0 Å². The van der Waals surface area contributed by atoms with Gasteiger partial charge >= 0.3 is 6.61 Å². The molecule has 0 bridgehead atoms. The fourth-order valence-corrected chi connectivity index (χ4v) is 1.80. The van der Waals surface area contributed by atoms with Crippen LogP contribution in [0.2, 0.25) is 0 Å². The quantitative estimate of drug-likeness (QED) is 0.465. The molecule has 0 aliphatic rings. The van der Waals surface area contributed by atoms with Crippen molar-refractivity contribution in [1.29, 1.82) is 0 Å². The SMILES string of the molecule is CC(Cl)C(=O)c1cc(OC(F)F)ccc1I. The number of benzene rings is 1. The molecule has 2 nitrogen and oxygen atoms in total. The molecule has 0 saturated heterocycles. The first-order valence-corrected chi connectivity index (χ1v) is 5.86. The molecule has 1 atom stereocenters. The highest BCUT2D eigenvalue weighted by molar-refractivity contribution is 14.1. The van der Waals surface area contributed by atoms with Crippen LogP contribution >= 0.6 is 34.2 Å². The second-order valence-corrected chi connectivity index (χ2v) is 4.82. The molecule has 0 aliphatic heterocycles. The molecular weight excluding hydrogens is 352 g/mol. The predicted molar refractivity (Wildman–Crippen MR) is 65.4 cm³/mol.